The molecule has 0 saturated heterocycles. The van der Waals surface area contributed by atoms with E-state index >= 15 is 0 Å². The molecule has 0 aromatic heterocycles. The first-order chi connectivity index (χ1) is 15.6. The molecule has 0 spiro atoms. The zero-order chi connectivity index (χ0) is 25.1. The third-order valence-corrected chi connectivity index (χ3v) is 3.76. The number of ether oxygens (including phenoxy) is 4. The fourth-order valence-corrected chi connectivity index (χ4v) is 2.43. The quantitative estimate of drug-likeness (QED) is 0.125. The lowest BCUT2D eigenvalue weighted by Gasteiger charge is -2.18. The summed E-state index contributed by atoms with van der Waals surface area (Å²) in [6, 6.07) is 4.06. The summed E-state index contributed by atoms with van der Waals surface area (Å²) >= 11 is 0. The summed E-state index contributed by atoms with van der Waals surface area (Å²) in [5, 5.41) is 12.2. The molecule has 1 amide bonds. The number of allylic oxidation sites excluding steroid dienone is 2. The predicted octanol–water partition coefficient (Wildman–Crippen LogP) is 4.96. The molecular weight excluding hydrogens is 434 g/mol. The normalized spacial score (nSPS) is 10.3. The van der Waals surface area contributed by atoms with E-state index < -0.39 is 35.4 Å². The Labute approximate surface area is 190 Å². The first-order valence-corrected chi connectivity index (χ1v) is 9.58. The van der Waals surface area contributed by atoms with Crippen molar-refractivity contribution < 1.29 is 33.3 Å². The van der Waals surface area contributed by atoms with Gasteiger partial charge in [-0.3, -0.25) is 4.79 Å². The monoisotopic (exact) mass is 457 g/mol. The fraction of sp³-hybridized carbons (Fsp3) is 0.273. The average molecular weight is 457 g/mol. The SMILES string of the molecule is C=C(C)OC(=O)Oc1cc(/C=C(\C#N)C(=O)N(CC)CC)cc(N=O)c1OC(=O)OC(=C)C. The molecule has 11 nitrogen and oxygen atoms in total. The Morgan fingerprint density at radius 1 is 1.06 bits per heavy atom. The number of carbonyl (C=O) groups is 3. The van der Waals surface area contributed by atoms with Crippen LogP contribution < -0.4 is 9.47 Å². The topological polar surface area (TPSA) is 145 Å². The van der Waals surface area contributed by atoms with E-state index in [1.54, 1.807) is 19.9 Å². The van der Waals surface area contributed by atoms with Crippen LogP contribution >= 0.6 is 0 Å². The summed E-state index contributed by atoms with van der Waals surface area (Å²) in [6.45, 7) is 13.8. The number of amides is 1. The van der Waals surface area contributed by atoms with Gasteiger partial charge in [0, 0.05) is 13.1 Å². The summed E-state index contributed by atoms with van der Waals surface area (Å²) in [5.41, 5.74) is -0.644. The lowest BCUT2D eigenvalue weighted by Crippen LogP contribution is -2.31. The molecule has 0 unspecified atom stereocenters. The van der Waals surface area contributed by atoms with E-state index in [1.807, 2.05) is 0 Å². The molecular formula is C22H23N3O8. The molecule has 0 radical (unpaired) electrons. The second-order valence-corrected chi connectivity index (χ2v) is 6.42. The van der Waals surface area contributed by atoms with Crippen LogP contribution in [0.25, 0.3) is 6.08 Å². The lowest BCUT2D eigenvalue weighted by atomic mass is 10.1. The maximum atomic E-state index is 12.5. The van der Waals surface area contributed by atoms with Crippen molar-refractivity contribution >= 4 is 30.0 Å². The van der Waals surface area contributed by atoms with Gasteiger partial charge >= 0.3 is 12.3 Å². The van der Waals surface area contributed by atoms with Crippen LogP contribution in [0.3, 0.4) is 0 Å². The molecule has 11 heteroatoms. The zero-order valence-electron chi connectivity index (χ0n) is 18.7. The molecule has 174 valence electrons. The number of benzene rings is 1. The van der Waals surface area contributed by atoms with E-state index in [9.17, 15) is 24.6 Å². The Kier molecular flexibility index (Phi) is 9.99. The number of carbonyl (C=O) groups excluding carboxylic acids is 3. The predicted molar refractivity (Wildman–Crippen MR) is 117 cm³/mol. The molecule has 0 N–H and O–H groups in total. The molecule has 0 aliphatic carbocycles. The third-order valence-electron chi connectivity index (χ3n) is 3.76. The number of nitriles is 1. The van der Waals surface area contributed by atoms with Gasteiger partial charge in [0.25, 0.3) is 5.91 Å². The van der Waals surface area contributed by atoms with E-state index in [0.717, 1.165) is 12.1 Å². The van der Waals surface area contributed by atoms with Crippen LogP contribution in [-0.4, -0.2) is 36.2 Å². The number of nitrogens with zero attached hydrogens (tertiary/aromatic N) is 3. The third kappa shape index (κ3) is 7.95. The van der Waals surface area contributed by atoms with Crippen LogP contribution in [0.15, 0.2) is 47.6 Å². The number of likely N-dealkylation sites (N-methyl/N-ethyl adjacent to an activating group) is 1. The molecule has 0 atom stereocenters. The Morgan fingerprint density at radius 2 is 1.61 bits per heavy atom. The van der Waals surface area contributed by atoms with Crippen LogP contribution in [-0.2, 0) is 14.3 Å². The minimum atomic E-state index is -1.27. The maximum Gasteiger partial charge on any atom is 0.519 e. The molecule has 0 saturated carbocycles. The number of rotatable bonds is 9. The lowest BCUT2D eigenvalue weighted by molar-refractivity contribution is -0.126. The smallest absolute Gasteiger partial charge is 0.400 e. The standard InChI is InChI=1S/C22H23N3O8/c1-7-25(8-2)20(26)16(12-23)9-15-10-17(24-29)19(33-22(28)31-14(5)6)18(11-15)32-21(27)30-13(3)4/h9-11H,3,5,7-8H2,1-2,4,6H3/b16-9+. The highest BCUT2D eigenvalue weighted by Crippen LogP contribution is 2.40. The van der Waals surface area contributed by atoms with Crippen molar-refractivity contribution in [1.29, 1.82) is 5.26 Å². The molecule has 0 aliphatic heterocycles. The highest BCUT2D eigenvalue weighted by Gasteiger charge is 2.23. The highest BCUT2D eigenvalue weighted by molar-refractivity contribution is 6.02. The van der Waals surface area contributed by atoms with Gasteiger partial charge in [-0.15, -0.1) is 4.91 Å². The minimum Gasteiger partial charge on any atom is -0.400 e. The van der Waals surface area contributed by atoms with Crippen LogP contribution in [0.2, 0.25) is 0 Å². The molecule has 0 fully saturated rings. The van der Waals surface area contributed by atoms with E-state index in [1.165, 1.54) is 24.8 Å². The fourth-order valence-electron chi connectivity index (χ4n) is 2.43. The van der Waals surface area contributed by atoms with Crippen LogP contribution in [0.5, 0.6) is 11.5 Å². The van der Waals surface area contributed by atoms with E-state index in [2.05, 4.69) is 23.1 Å². The second kappa shape index (κ2) is 12.4. The minimum absolute atomic E-state index is 0.00194. The molecule has 0 aliphatic rings. The van der Waals surface area contributed by atoms with Crippen LogP contribution in [0, 0.1) is 16.2 Å². The molecule has 0 bridgehead atoms. The van der Waals surface area contributed by atoms with Crippen molar-refractivity contribution in [2.75, 3.05) is 13.1 Å². The number of hydrogen-bond donors (Lipinski definition) is 0. The molecule has 1 aromatic carbocycles. The van der Waals surface area contributed by atoms with Gasteiger partial charge in [-0.1, -0.05) is 13.2 Å². The summed E-state index contributed by atoms with van der Waals surface area (Å²) in [6.07, 6.45) is -1.36. The Morgan fingerprint density at radius 3 is 2.06 bits per heavy atom. The van der Waals surface area contributed by atoms with Gasteiger partial charge in [0.05, 0.1) is 0 Å². The van der Waals surface area contributed by atoms with Crippen LogP contribution in [0.4, 0.5) is 15.3 Å². The summed E-state index contributed by atoms with van der Waals surface area (Å²) in [7, 11) is 0. The van der Waals surface area contributed by atoms with Gasteiger partial charge in [0.15, 0.2) is 11.4 Å². The van der Waals surface area contributed by atoms with E-state index in [4.69, 9.17) is 14.2 Å². The average Bonchev–Trinajstić information content (AvgIpc) is 2.72. The number of hydrogen-bond acceptors (Lipinski definition) is 10. The largest absolute Gasteiger partial charge is 0.519 e. The maximum absolute atomic E-state index is 12.5. The van der Waals surface area contributed by atoms with Crippen LogP contribution in [0.1, 0.15) is 33.3 Å². The van der Waals surface area contributed by atoms with Gasteiger partial charge in [-0.2, -0.15) is 5.26 Å². The first kappa shape index (κ1) is 26.6. The van der Waals surface area contributed by atoms with Crippen molar-refractivity contribution in [3.63, 3.8) is 0 Å². The Balaban J connectivity index is 3.58. The first-order valence-electron chi connectivity index (χ1n) is 9.58. The number of nitroso groups, excluding NO2 is 1. The zero-order valence-corrected chi connectivity index (χ0v) is 18.7. The highest BCUT2D eigenvalue weighted by atomic mass is 16.7. The van der Waals surface area contributed by atoms with Gasteiger partial charge in [0.1, 0.15) is 23.2 Å². The molecule has 33 heavy (non-hydrogen) atoms. The molecule has 0 heterocycles. The Hall–Kier alpha value is -4.46. The van der Waals surface area contributed by atoms with E-state index in [0.29, 0.717) is 13.1 Å². The van der Waals surface area contributed by atoms with E-state index in [-0.39, 0.29) is 22.7 Å². The van der Waals surface area contributed by atoms with Gasteiger partial charge < -0.3 is 23.8 Å². The summed E-state index contributed by atoms with van der Waals surface area (Å²) in [4.78, 5) is 49.3. The summed E-state index contributed by atoms with van der Waals surface area (Å²) in [5.74, 6) is -1.56. The summed E-state index contributed by atoms with van der Waals surface area (Å²) < 4.78 is 19.4. The van der Waals surface area contributed by atoms with Crippen molar-refractivity contribution in [3.05, 3.63) is 52.9 Å². The molecule has 1 aromatic rings. The van der Waals surface area contributed by atoms with Crippen molar-refractivity contribution in [2.24, 2.45) is 5.18 Å². The molecule has 1 rings (SSSR count). The van der Waals surface area contributed by atoms with Crippen molar-refractivity contribution in [1.82, 2.24) is 4.90 Å². The van der Waals surface area contributed by atoms with Crippen molar-refractivity contribution in [2.45, 2.75) is 27.7 Å². The van der Waals surface area contributed by atoms with Gasteiger partial charge in [0.2, 0.25) is 5.75 Å². The Bertz CT molecular complexity index is 1050. The van der Waals surface area contributed by atoms with Gasteiger partial charge in [-0.05, 0) is 56.6 Å². The van der Waals surface area contributed by atoms with Gasteiger partial charge in [-0.25, -0.2) is 9.59 Å². The van der Waals surface area contributed by atoms with Crippen molar-refractivity contribution in [3.8, 4) is 17.6 Å². The second-order valence-electron chi connectivity index (χ2n) is 6.42.